The average Bonchev–Trinajstić information content (AvgIpc) is 2.57. The van der Waals surface area contributed by atoms with Crippen LogP contribution in [0.15, 0.2) is 23.0 Å². The monoisotopic (exact) mass is 327 g/mol. The second-order valence-electron chi connectivity index (χ2n) is 6.36. The number of amides is 1. The lowest BCUT2D eigenvalue weighted by Gasteiger charge is -2.19. The molecule has 0 atom stereocenters. The number of rotatable bonds is 3. The highest BCUT2D eigenvalue weighted by molar-refractivity contribution is 5.97. The molecule has 0 unspecified atom stereocenters. The van der Waals surface area contributed by atoms with Gasteiger partial charge in [0, 0.05) is 31.6 Å². The third-order valence-electron chi connectivity index (χ3n) is 4.86. The topological polar surface area (TPSA) is 55.2 Å². The zero-order valence-corrected chi connectivity index (χ0v) is 14.5. The maximum atomic E-state index is 12.8. The van der Waals surface area contributed by atoms with Gasteiger partial charge in [-0.05, 0) is 44.9 Å². The van der Waals surface area contributed by atoms with Crippen molar-refractivity contribution in [1.29, 1.82) is 0 Å². The van der Waals surface area contributed by atoms with Crippen molar-refractivity contribution in [3.8, 4) is 0 Å². The maximum absolute atomic E-state index is 12.8. The molecule has 0 bridgehead atoms. The Labute approximate surface area is 142 Å². The van der Waals surface area contributed by atoms with Gasteiger partial charge in [0.15, 0.2) is 0 Å². The number of nitrogens with zero attached hydrogens (tertiary/aromatic N) is 3. The molecule has 1 amide bonds. The Morgan fingerprint density at radius 1 is 1.17 bits per heavy atom. The minimum absolute atomic E-state index is 0.00413. The molecule has 1 aromatic heterocycles. The van der Waals surface area contributed by atoms with E-state index in [1.807, 2.05) is 18.4 Å². The van der Waals surface area contributed by atoms with Crippen LogP contribution in [0.1, 0.15) is 55.7 Å². The molecule has 2 aromatic rings. The van der Waals surface area contributed by atoms with Crippen molar-refractivity contribution < 1.29 is 4.79 Å². The van der Waals surface area contributed by atoms with Crippen LogP contribution >= 0.6 is 0 Å². The third kappa shape index (κ3) is 3.07. The van der Waals surface area contributed by atoms with Crippen LogP contribution in [0, 0.1) is 0 Å². The summed E-state index contributed by atoms with van der Waals surface area (Å²) in [6.45, 7) is 6.03. The first-order chi connectivity index (χ1) is 11.7. The van der Waals surface area contributed by atoms with Crippen LogP contribution in [0.25, 0.3) is 10.9 Å². The zero-order chi connectivity index (χ0) is 17.1. The minimum atomic E-state index is -0.00413. The summed E-state index contributed by atoms with van der Waals surface area (Å²) in [5.74, 6) is 0.857. The third-order valence-corrected chi connectivity index (χ3v) is 4.86. The van der Waals surface area contributed by atoms with Crippen molar-refractivity contribution in [3.05, 3.63) is 39.9 Å². The summed E-state index contributed by atoms with van der Waals surface area (Å²) in [6.07, 6.45) is 5.28. The van der Waals surface area contributed by atoms with Crippen LogP contribution in [0.4, 0.5) is 0 Å². The van der Waals surface area contributed by atoms with E-state index in [9.17, 15) is 9.59 Å². The fourth-order valence-electron chi connectivity index (χ4n) is 3.42. The van der Waals surface area contributed by atoms with Gasteiger partial charge in [0.1, 0.15) is 5.82 Å². The number of hydrogen-bond acceptors (Lipinski definition) is 3. The quantitative estimate of drug-likeness (QED) is 0.871. The number of hydrogen-bond donors (Lipinski definition) is 0. The van der Waals surface area contributed by atoms with E-state index in [-0.39, 0.29) is 11.5 Å². The first kappa shape index (κ1) is 16.7. The van der Waals surface area contributed by atoms with Crippen LogP contribution in [-0.2, 0) is 13.0 Å². The molecule has 0 saturated heterocycles. The molecule has 128 valence electrons. The summed E-state index contributed by atoms with van der Waals surface area (Å²) in [7, 11) is 0. The van der Waals surface area contributed by atoms with Crippen molar-refractivity contribution in [2.75, 3.05) is 13.1 Å². The maximum Gasteiger partial charge on any atom is 0.261 e. The summed E-state index contributed by atoms with van der Waals surface area (Å²) in [5, 5.41) is 0.607. The summed E-state index contributed by atoms with van der Waals surface area (Å²) in [4.78, 5) is 31.8. The molecule has 0 N–H and O–H groups in total. The Kier molecular flexibility index (Phi) is 4.97. The van der Waals surface area contributed by atoms with Gasteiger partial charge in [-0.15, -0.1) is 0 Å². The average molecular weight is 327 g/mol. The van der Waals surface area contributed by atoms with Crippen LogP contribution in [0.5, 0.6) is 0 Å². The predicted octanol–water partition coefficient (Wildman–Crippen LogP) is 3.00. The van der Waals surface area contributed by atoms with E-state index in [0.717, 1.165) is 31.6 Å². The van der Waals surface area contributed by atoms with Gasteiger partial charge in [-0.3, -0.25) is 14.2 Å². The van der Waals surface area contributed by atoms with E-state index in [1.54, 1.807) is 23.1 Å². The number of carbonyl (C=O) groups excluding carboxylic acids is 1. The van der Waals surface area contributed by atoms with E-state index < -0.39 is 0 Å². The Bertz CT molecular complexity index is 806. The van der Waals surface area contributed by atoms with Crippen LogP contribution in [0.3, 0.4) is 0 Å². The first-order valence-electron chi connectivity index (χ1n) is 8.98. The molecule has 1 aliphatic rings. The van der Waals surface area contributed by atoms with Crippen molar-refractivity contribution in [3.63, 3.8) is 0 Å². The number of carbonyl (C=O) groups is 1. The second kappa shape index (κ2) is 7.16. The molecule has 3 rings (SSSR count). The fraction of sp³-hybridized carbons (Fsp3) is 0.526. The SMILES string of the molecule is CCN(CC)C(=O)c1ccc2c(=O)n3c(nc2c1)CCCCCC3. The van der Waals surface area contributed by atoms with Crippen molar-refractivity contribution in [1.82, 2.24) is 14.5 Å². The number of aromatic nitrogens is 2. The normalized spacial score (nSPS) is 14.8. The molecule has 0 spiro atoms. The van der Waals surface area contributed by atoms with Gasteiger partial charge in [-0.25, -0.2) is 4.98 Å². The number of aryl methyl sites for hydroxylation is 1. The molecule has 2 heterocycles. The largest absolute Gasteiger partial charge is 0.339 e. The zero-order valence-electron chi connectivity index (χ0n) is 14.5. The first-order valence-corrected chi connectivity index (χ1v) is 8.98. The van der Waals surface area contributed by atoms with E-state index in [4.69, 9.17) is 4.98 Å². The standard InChI is InChI=1S/C19H25N3O2/c1-3-21(4-2)18(23)14-10-11-15-16(13-14)20-17-9-7-5-6-8-12-22(17)19(15)24/h10-11,13H,3-9,12H2,1-2H3. The molecular formula is C19H25N3O2. The van der Waals surface area contributed by atoms with E-state index in [2.05, 4.69) is 0 Å². The summed E-state index contributed by atoms with van der Waals surface area (Å²) in [6, 6.07) is 5.28. The van der Waals surface area contributed by atoms with Gasteiger partial charge in [-0.1, -0.05) is 12.8 Å². The minimum Gasteiger partial charge on any atom is -0.339 e. The Morgan fingerprint density at radius 3 is 2.67 bits per heavy atom. The van der Waals surface area contributed by atoms with Crippen LogP contribution < -0.4 is 5.56 Å². The van der Waals surface area contributed by atoms with Crippen molar-refractivity contribution >= 4 is 16.8 Å². The number of fused-ring (bicyclic) bond motifs is 2. The number of benzene rings is 1. The van der Waals surface area contributed by atoms with Crippen molar-refractivity contribution in [2.45, 2.75) is 52.5 Å². The molecule has 1 aliphatic heterocycles. The van der Waals surface area contributed by atoms with Crippen molar-refractivity contribution in [2.24, 2.45) is 0 Å². The molecule has 0 aliphatic carbocycles. The van der Waals surface area contributed by atoms with E-state index >= 15 is 0 Å². The highest BCUT2D eigenvalue weighted by atomic mass is 16.2. The van der Waals surface area contributed by atoms with Gasteiger partial charge < -0.3 is 4.90 Å². The predicted molar refractivity (Wildman–Crippen MR) is 95.4 cm³/mol. The van der Waals surface area contributed by atoms with Crippen LogP contribution in [-0.4, -0.2) is 33.4 Å². The molecule has 24 heavy (non-hydrogen) atoms. The van der Waals surface area contributed by atoms with E-state index in [1.165, 1.54) is 12.8 Å². The van der Waals surface area contributed by atoms with Gasteiger partial charge in [-0.2, -0.15) is 0 Å². The summed E-state index contributed by atoms with van der Waals surface area (Å²) >= 11 is 0. The summed E-state index contributed by atoms with van der Waals surface area (Å²) in [5.41, 5.74) is 1.28. The van der Waals surface area contributed by atoms with E-state index in [0.29, 0.717) is 29.6 Å². The Morgan fingerprint density at radius 2 is 1.92 bits per heavy atom. The Balaban J connectivity index is 2.08. The highest BCUT2D eigenvalue weighted by Crippen LogP contribution is 2.17. The molecule has 0 saturated carbocycles. The second-order valence-corrected chi connectivity index (χ2v) is 6.36. The lowest BCUT2D eigenvalue weighted by Crippen LogP contribution is -2.30. The highest BCUT2D eigenvalue weighted by Gasteiger charge is 2.16. The summed E-state index contributed by atoms with van der Waals surface area (Å²) < 4.78 is 1.83. The molecular weight excluding hydrogens is 302 g/mol. The van der Waals surface area contributed by atoms with Gasteiger partial charge in [0.2, 0.25) is 0 Å². The Hall–Kier alpha value is -2.17. The molecule has 1 aromatic carbocycles. The molecule has 5 heteroatoms. The molecule has 0 fully saturated rings. The smallest absolute Gasteiger partial charge is 0.261 e. The fourth-order valence-corrected chi connectivity index (χ4v) is 3.42. The van der Waals surface area contributed by atoms with Gasteiger partial charge in [0.05, 0.1) is 10.9 Å². The lowest BCUT2D eigenvalue weighted by molar-refractivity contribution is 0.0773. The molecule has 0 radical (unpaired) electrons. The molecule has 5 nitrogen and oxygen atoms in total. The van der Waals surface area contributed by atoms with Crippen LogP contribution in [0.2, 0.25) is 0 Å². The lowest BCUT2D eigenvalue weighted by atomic mass is 10.1. The van der Waals surface area contributed by atoms with Gasteiger partial charge in [0.25, 0.3) is 11.5 Å². The van der Waals surface area contributed by atoms with Gasteiger partial charge >= 0.3 is 0 Å².